The fourth-order valence-electron chi connectivity index (χ4n) is 3.40. The number of anilines is 1. The number of carbonyl (C=O) groups is 2. The lowest BCUT2D eigenvalue weighted by Gasteiger charge is -2.18. The summed E-state index contributed by atoms with van der Waals surface area (Å²) in [7, 11) is 0. The minimum atomic E-state index is -0.772. The van der Waals surface area contributed by atoms with Crippen LogP contribution in [0.5, 0.6) is 0 Å². The van der Waals surface area contributed by atoms with Gasteiger partial charge in [0, 0.05) is 5.69 Å². The molecule has 5 nitrogen and oxygen atoms in total. The molecular formula is C27H40N2O3. The van der Waals surface area contributed by atoms with Gasteiger partial charge in [-0.05, 0) is 68.5 Å². The highest BCUT2D eigenvalue weighted by molar-refractivity contribution is 5.93. The van der Waals surface area contributed by atoms with Crippen molar-refractivity contribution in [3.63, 3.8) is 0 Å². The van der Waals surface area contributed by atoms with Crippen LogP contribution in [0.15, 0.2) is 42.5 Å². The van der Waals surface area contributed by atoms with Crippen molar-refractivity contribution in [1.82, 2.24) is 4.90 Å². The number of nitrogens with zero attached hydrogens (tertiary/aromatic N) is 1. The van der Waals surface area contributed by atoms with Crippen molar-refractivity contribution < 1.29 is 14.7 Å². The summed E-state index contributed by atoms with van der Waals surface area (Å²) in [5, 5.41) is 11.8. The van der Waals surface area contributed by atoms with E-state index in [0.29, 0.717) is 12.5 Å². The van der Waals surface area contributed by atoms with Gasteiger partial charge in [0.15, 0.2) is 0 Å². The summed E-state index contributed by atoms with van der Waals surface area (Å²) in [6.45, 7) is 16.5. The second-order valence-corrected chi connectivity index (χ2v) is 8.68. The highest BCUT2D eigenvalue weighted by Gasteiger charge is 2.13. The number of para-hydroxylation sites is 1. The maximum Gasteiger partial charge on any atom is 0.310 e. The molecule has 0 radical (unpaired) electrons. The zero-order valence-electron chi connectivity index (χ0n) is 20.7. The average Bonchev–Trinajstić information content (AvgIpc) is 2.74. The topological polar surface area (TPSA) is 69.6 Å². The minimum absolute atomic E-state index is 0.0612. The molecule has 5 heteroatoms. The van der Waals surface area contributed by atoms with E-state index in [-0.39, 0.29) is 5.91 Å². The van der Waals surface area contributed by atoms with E-state index in [1.807, 2.05) is 56.3 Å². The van der Waals surface area contributed by atoms with Gasteiger partial charge in [-0.25, -0.2) is 0 Å². The Kier molecular flexibility index (Phi) is 11.7. The number of hydrogen-bond acceptors (Lipinski definition) is 3. The van der Waals surface area contributed by atoms with Crippen LogP contribution >= 0.6 is 0 Å². The number of carbonyl (C=O) groups excluding carboxylic acids is 1. The number of carboxylic acids is 1. The van der Waals surface area contributed by atoms with Crippen molar-refractivity contribution in [1.29, 1.82) is 0 Å². The predicted molar refractivity (Wildman–Crippen MR) is 133 cm³/mol. The second kappa shape index (κ2) is 13.7. The van der Waals surface area contributed by atoms with Gasteiger partial charge in [0.1, 0.15) is 0 Å². The van der Waals surface area contributed by atoms with Crippen molar-refractivity contribution in [2.45, 2.75) is 60.8 Å². The fraction of sp³-hybridized carbons (Fsp3) is 0.481. The Morgan fingerprint density at radius 3 is 1.91 bits per heavy atom. The minimum Gasteiger partial charge on any atom is -0.481 e. The molecule has 2 aromatic rings. The van der Waals surface area contributed by atoms with Crippen LogP contribution in [0.4, 0.5) is 5.69 Å². The lowest BCUT2D eigenvalue weighted by molar-refractivity contribution is -0.138. The number of amides is 1. The highest BCUT2D eigenvalue weighted by atomic mass is 16.4. The van der Waals surface area contributed by atoms with E-state index in [4.69, 9.17) is 5.11 Å². The SMILES string of the molecule is CC(C)Cc1ccc(C(C)C(=O)O)cc1.CCN(CC)CC(=O)Nc1c(C)cccc1C. The molecule has 2 N–H and O–H groups in total. The Morgan fingerprint density at radius 1 is 0.938 bits per heavy atom. The molecule has 1 atom stereocenters. The van der Waals surface area contributed by atoms with Gasteiger partial charge in [0.2, 0.25) is 5.91 Å². The highest BCUT2D eigenvalue weighted by Crippen LogP contribution is 2.19. The molecule has 0 bridgehead atoms. The number of likely N-dealkylation sites (N-methyl/N-ethyl adjacent to an activating group) is 1. The number of aliphatic carboxylic acids is 1. The van der Waals surface area contributed by atoms with Crippen LogP contribution in [0, 0.1) is 19.8 Å². The Morgan fingerprint density at radius 2 is 1.47 bits per heavy atom. The Balaban J connectivity index is 0.000000323. The van der Waals surface area contributed by atoms with E-state index in [9.17, 15) is 9.59 Å². The summed E-state index contributed by atoms with van der Waals surface area (Å²) >= 11 is 0. The first-order valence-corrected chi connectivity index (χ1v) is 11.5. The molecule has 0 aliphatic heterocycles. The van der Waals surface area contributed by atoms with Crippen molar-refractivity contribution in [2.75, 3.05) is 25.0 Å². The van der Waals surface area contributed by atoms with Gasteiger partial charge < -0.3 is 10.4 Å². The maximum atomic E-state index is 11.9. The summed E-state index contributed by atoms with van der Waals surface area (Å²) in [4.78, 5) is 24.8. The monoisotopic (exact) mass is 440 g/mol. The smallest absolute Gasteiger partial charge is 0.310 e. The zero-order chi connectivity index (χ0) is 24.3. The van der Waals surface area contributed by atoms with Gasteiger partial charge in [0.25, 0.3) is 0 Å². The molecule has 0 saturated heterocycles. The predicted octanol–water partition coefficient (Wildman–Crippen LogP) is 5.66. The average molecular weight is 441 g/mol. The zero-order valence-corrected chi connectivity index (χ0v) is 20.7. The van der Waals surface area contributed by atoms with E-state index in [1.54, 1.807) is 6.92 Å². The van der Waals surface area contributed by atoms with Gasteiger partial charge in [0.05, 0.1) is 12.5 Å². The van der Waals surface area contributed by atoms with E-state index in [0.717, 1.165) is 41.9 Å². The summed E-state index contributed by atoms with van der Waals surface area (Å²) in [6.07, 6.45) is 1.04. The molecule has 0 saturated carbocycles. The van der Waals surface area contributed by atoms with Crippen LogP contribution in [0.1, 0.15) is 62.8 Å². The van der Waals surface area contributed by atoms with Crippen molar-refractivity contribution >= 4 is 17.6 Å². The second-order valence-electron chi connectivity index (χ2n) is 8.68. The molecule has 32 heavy (non-hydrogen) atoms. The molecular weight excluding hydrogens is 400 g/mol. The van der Waals surface area contributed by atoms with Crippen LogP contribution in [-0.2, 0) is 16.0 Å². The van der Waals surface area contributed by atoms with Crippen LogP contribution in [0.25, 0.3) is 0 Å². The number of hydrogen-bond donors (Lipinski definition) is 2. The summed E-state index contributed by atoms with van der Waals surface area (Å²) < 4.78 is 0. The fourth-order valence-corrected chi connectivity index (χ4v) is 3.40. The third-order valence-corrected chi connectivity index (χ3v) is 5.50. The van der Waals surface area contributed by atoms with E-state index in [1.165, 1.54) is 5.56 Å². The molecule has 176 valence electrons. The van der Waals surface area contributed by atoms with Crippen LogP contribution < -0.4 is 5.32 Å². The van der Waals surface area contributed by atoms with Gasteiger partial charge in [-0.2, -0.15) is 0 Å². The molecule has 2 rings (SSSR count). The maximum absolute atomic E-state index is 11.9. The molecule has 0 aliphatic carbocycles. The largest absolute Gasteiger partial charge is 0.481 e. The van der Waals surface area contributed by atoms with Crippen LogP contribution in [0.2, 0.25) is 0 Å². The molecule has 0 aliphatic rings. The Labute approximate surface area is 193 Å². The molecule has 0 aromatic heterocycles. The summed E-state index contributed by atoms with van der Waals surface area (Å²) in [6, 6.07) is 13.9. The number of aryl methyl sites for hydroxylation is 2. The first kappa shape index (κ1) is 27.4. The number of rotatable bonds is 9. The molecule has 2 aromatic carbocycles. The van der Waals surface area contributed by atoms with Gasteiger partial charge in [-0.3, -0.25) is 14.5 Å². The first-order chi connectivity index (χ1) is 15.1. The van der Waals surface area contributed by atoms with Crippen molar-refractivity contribution in [3.8, 4) is 0 Å². The quantitative estimate of drug-likeness (QED) is 0.528. The van der Waals surface area contributed by atoms with Gasteiger partial charge in [-0.1, -0.05) is 70.2 Å². The van der Waals surface area contributed by atoms with Crippen LogP contribution in [0.3, 0.4) is 0 Å². The molecule has 0 spiro atoms. The number of nitrogens with one attached hydrogen (secondary N) is 1. The standard InChI is InChI=1S/C14H22N2O.C13H18O2/c1-5-16(6-2)10-13(17)15-14-11(3)8-7-9-12(14)4;1-9(2)8-11-4-6-12(7-5-11)10(3)13(14)15/h7-9H,5-6,10H2,1-4H3,(H,15,17);4-7,9-10H,8H2,1-3H3,(H,14,15). The number of carboxylic acid groups (broad SMARTS) is 1. The third kappa shape index (κ3) is 9.23. The van der Waals surface area contributed by atoms with Crippen molar-refractivity contribution in [2.24, 2.45) is 5.92 Å². The number of benzene rings is 2. The summed E-state index contributed by atoms with van der Waals surface area (Å²) in [5.41, 5.74) is 5.31. The lowest BCUT2D eigenvalue weighted by Crippen LogP contribution is -2.33. The normalized spacial score (nSPS) is 11.7. The third-order valence-electron chi connectivity index (χ3n) is 5.50. The van der Waals surface area contributed by atoms with Gasteiger partial charge in [-0.15, -0.1) is 0 Å². The molecule has 0 heterocycles. The van der Waals surface area contributed by atoms with Gasteiger partial charge >= 0.3 is 5.97 Å². The summed E-state index contributed by atoms with van der Waals surface area (Å²) in [5.74, 6) is -0.497. The molecule has 0 fully saturated rings. The molecule has 1 amide bonds. The Bertz CT molecular complexity index is 835. The van der Waals surface area contributed by atoms with E-state index in [2.05, 4.69) is 37.9 Å². The molecule has 1 unspecified atom stereocenters. The van der Waals surface area contributed by atoms with Crippen LogP contribution in [-0.4, -0.2) is 41.5 Å². The Hall–Kier alpha value is -2.66. The van der Waals surface area contributed by atoms with E-state index >= 15 is 0 Å². The lowest BCUT2D eigenvalue weighted by atomic mass is 9.97. The van der Waals surface area contributed by atoms with Crippen molar-refractivity contribution in [3.05, 3.63) is 64.7 Å². The van der Waals surface area contributed by atoms with E-state index < -0.39 is 11.9 Å². The first-order valence-electron chi connectivity index (χ1n) is 11.5.